The number of halogens is 2. The normalized spacial score (nSPS) is 19.5. The van der Waals surface area contributed by atoms with Crippen LogP contribution in [0.4, 0.5) is 0 Å². The Hall–Kier alpha value is -0.930. The fraction of sp³-hybridized carbons (Fsp3) is 0.632. The standard InChI is InChI=1S/C19H29ClN4O2.HI/c1-3-21-19(23-13-15-6-5-7-24(15)4-2)22-12-14-10-16(20)18-17(11-14)25-8-9-26-18;/h10-11,15H,3-9,12-13H2,1-2H3,(H2,21,22,23);1H. The predicted octanol–water partition coefficient (Wildman–Crippen LogP) is 3.27. The summed E-state index contributed by atoms with van der Waals surface area (Å²) in [5.74, 6) is 2.18. The second-order valence-corrected chi connectivity index (χ2v) is 7.01. The minimum absolute atomic E-state index is 0. The van der Waals surface area contributed by atoms with Crippen molar-refractivity contribution in [3.8, 4) is 11.5 Å². The molecule has 27 heavy (non-hydrogen) atoms. The molecule has 1 atom stereocenters. The number of likely N-dealkylation sites (tertiary alicyclic amines) is 1. The largest absolute Gasteiger partial charge is 0.486 e. The summed E-state index contributed by atoms with van der Waals surface area (Å²) in [5, 5.41) is 7.38. The number of hydrogen-bond acceptors (Lipinski definition) is 4. The van der Waals surface area contributed by atoms with Crippen LogP contribution >= 0.6 is 35.6 Å². The number of rotatable bonds is 6. The predicted molar refractivity (Wildman–Crippen MR) is 121 cm³/mol. The summed E-state index contributed by atoms with van der Waals surface area (Å²) in [5.41, 5.74) is 1.01. The lowest BCUT2D eigenvalue weighted by molar-refractivity contribution is 0.171. The second kappa shape index (κ2) is 11.2. The number of likely N-dealkylation sites (N-methyl/N-ethyl adjacent to an activating group) is 1. The molecule has 8 heteroatoms. The van der Waals surface area contributed by atoms with Gasteiger partial charge in [0.15, 0.2) is 17.5 Å². The third kappa shape index (κ3) is 6.02. The molecule has 1 aromatic carbocycles. The van der Waals surface area contributed by atoms with E-state index >= 15 is 0 Å². The zero-order chi connectivity index (χ0) is 18.4. The molecule has 2 aliphatic heterocycles. The smallest absolute Gasteiger partial charge is 0.191 e. The van der Waals surface area contributed by atoms with Crippen LogP contribution in [0, 0.1) is 0 Å². The van der Waals surface area contributed by atoms with Crippen LogP contribution in [0.15, 0.2) is 17.1 Å². The van der Waals surface area contributed by atoms with Crippen LogP contribution in [0.5, 0.6) is 11.5 Å². The van der Waals surface area contributed by atoms with E-state index in [1.165, 1.54) is 19.4 Å². The molecule has 6 nitrogen and oxygen atoms in total. The minimum Gasteiger partial charge on any atom is -0.486 e. The Kier molecular flexibility index (Phi) is 9.25. The Morgan fingerprint density at radius 2 is 2.07 bits per heavy atom. The van der Waals surface area contributed by atoms with E-state index in [1.54, 1.807) is 0 Å². The van der Waals surface area contributed by atoms with Gasteiger partial charge in [0.25, 0.3) is 0 Å². The lowest BCUT2D eigenvalue weighted by Crippen LogP contribution is -2.44. The molecule has 0 saturated carbocycles. The monoisotopic (exact) mass is 508 g/mol. The van der Waals surface area contributed by atoms with Crippen molar-refractivity contribution in [3.63, 3.8) is 0 Å². The van der Waals surface area contributed by atoms with Gasteiger partial charge in [-0.3, -0.25) is 4.90 Å². The van der Waals surface area contributed by atoms with Crippen LogP contribution in [-0.4, -0.2) is 56.3 Å². The van der Waals surface area contributed by atoms with Gasteiger partial charge in [-0.25, -0.2) is 4.99 Å². The van der Waals surface area contributed by atoms with Crippen molar-refractivity contribution in [2.45, 2.75) is 39.3 Å². The molecule has 1 unspecified atom stereocenters. The Balaban J connectivity index is 0.00000261. The molecular formula is C19H30ClIN4O2. The summed E-state index contributed by atoms with van der Waals surface area (Å²) in [6.07, 6.45) is 2.53. The highest BCUT2D eigenvalue weighted by Gasteiger charge is 2.22. The first-order valence-corrected chi connectivity index (χ1v) is 9.93. The van der Waals surface area contributed by atoms with Gasteiger partial charge in [-0.05, 0) is 50.6 Å². The molecule has 1 fully saturated rings. The average molecular weight is 509 g/mol. The molecule has 152 valence electrons. The second-order valence-electron chi connectivity index (χ2n) is 6.60. The highest BCUT2D eigenvalue weighted by Crippen LogP contribution is 2.38. The number of hydrogen-bond donors (Lipinski definition) is 2. The van der Waals surface area contributed by atoms with Crippen LogP contribution < -0.4 is 20.1 Å². The van der Waals surface area contributed by atoms with E-state index in [-0.39, 0.29) is 24.0 Å². The van der Waals surface area contributed by atoms with Gasteiger partial charge >= 0.3 is 0 Å². The minimum atomic E-state index is 0. The van der Waals surface area contributed by atoms with Crippen molar-refractivity contribution in [2.75, 3.05) is 39.4 Å². The average Bonchev–Trinajstić information content (AvgIpc) is 3.11. The van der Waals surface area contributed by atoms with E-state index in [4.69, 9.17) is 26.1 Å². The van der Waals surface area contributed by atoms with Crippen molar-refractivity contribution in [1.82, 2.24) is 15.5 Å². The summed E-state index contributed by atoms with van der Waals surface area (Å²) < 4.78 is 11.2. The first kappa shape index (κ1) is 22.4. The van der Waals surface area contributed by atoms with Gasteiger partial charge in [0.05, 0.1) is 11.6 Å². The number of nitrogens with zero attached hydrogens (tertiary/aromatic N) is 2. The highest BCUT2D eigenvalue weighted by atomic mass is 127. The molecule has 2 aliphatic rings. The van der Waals surface area contributed by atoms with Gasteiger partial charge in [-0.1, -0.05) is 18.5 Å². The Morgan fingerprint density at radius 1 is 1.26 bits per heavy atom. The van der Waals surface area contributed by atoms with Gasteiger partial charge in [0, 0.05) is 19.1 Å². The molecule has 1 aromatic rings. The zero-order valence-corrected chi connectivity index (χ0v) is 19.2. The number of nitrogens with one attached hydrogen (secondary N) is 2. The fourth-order valence-corrected chi connectivity index (χ4v) is 3.81. The molecule has 3 rings (SSSR count). The van der Waals surface area contributed by atoms with E-state index in [2.05, 4.69) is 29.4 Å². The molecule has 0 aromatic heterocycles. The molecule has 0 aliphatic carbocycles. The lowest BCUT2D eigenvalue weighted by Gasteiger charge is -2.24. The van der Waals surface area contributed by atoms with Crippen molar-refractivity contribution in [2.24, 2.45) is 4.99 Å². The van der Waals surface area contributed by atoms with Crippen molar-refractivity contribution >= 4 is 41.5 Å². The summed E-state index contributed by atoms with van der Waals surface area (Å²) in [7, 11) is 0. The maximum Gasteiger partial charge on any atom is 0.191 e. The van der Waals surface area contributed by atoms with Gasteiger partial charge in [-0.15, -0.1) is 24.0 Å². The molecule has 1 saturated heterocycles. The number of fused-ring (bicyclic) bond motifs is 1. The number of aliphatic imine (C=N–C) groups is 1. The SMILES string of the molecule is CCNC(=NCc1cc(Cl)c2c(c1)OCCO2)NCC1CCCN1CC.I. The topological polar surface area (TPSA) is 58.1 Å². The molecule has 0 amide bonds. The molecule has 0 radical (unpaired) electrons. The molecule has 0 spiro atoms. The van der Waals surface area contributed by atoms with Crippen molar-refractivity contribution in [1.29, 1.82) is 0 Å². The highest BCUT2D eigenvalue weighted by molar-refractivity contribution is 14.0. The summed E-state index contributed by atoms with van der Waals surface area (Å²) >= 11 is 6.31. The maximum absolute atomic E-state index is 6.31. The van der Waals surface area contributed by atoms with Crippen LogP contribution in [-0.2, 0) is 6.54 Å². The first-order chi connectivity index (χ1) is 12.7. The zero-order valence-electron chi connectivity index (χ0n) is 16.1. The number of benzene rings is 1. The van der Waals surface area contributed by atoms with Crippen LogP contribution in [0.3, 0.4) is 0 Å². The summed E-state index contributed by atoms with van der Waals surface area (Å²) in [4.78, 5) is 7.23. The fourth-order valence-electron chi connectivity index (χ4n) is 3.52. The Bertz CT molecular complexity index is 644. The third-order valence-electron chi connectivity index (χ3n) is 4.83. The van der Waals surface area contributed by atoms with E-state index in [1.807, 2.05) is 12.1 Å². The Morgan fingerprint density at radius 3 is 2.85 bits per heavy atom. The third-order valence-corrected chi connectivity index (χ3v) is 5.11. The molecular weight excluding hydrogens is 479 g/mol. The van der Waals surface area contributed by atoms with Gasteiger partial charge in [0.2, 0.25) is 0 Å². The lowest BCUT2D eigenvalue weighted by atomic mass is 10.2. The van der Waals surface area contributed by atoms with E-state index in [9.17, 15) is 0 Å². The van der Waals surface area contributed by atoms with Gasteiger partial charge in [0.1, 0.15) is 13.2 Å². The summed E-state index contributed by atoms with van der Waals surface area (Å²) in [6.45, 7) is 9.98. The van der Waals surface area contributed by atoms with Crippen molar-refractivity contribution in [3.05, 3.63) is 22.7 Å². The maximum atomic E-state index is 6.31. The molecule has 2 N–H and O–H groups in total. The molecule has 2 heterocycles. The summed E-state index contributed by atoms with van der Waals surface area (Å²) in [6, 6.07) is 4.45. The van der Waals surface area contributed by atoms with E-state index < -0.39 is 0 Å². The van der Waals surface area contributed by atoms with E-state index in [0.717, 1.165) is 31.2 Å². The van der Waals surface area contributed by atoms with Gasteiger partial charge < -0.3 is 20.1 Å². The number of ether oxygens (including phenoxy) is 2. The van der Waals surface area contributed by atoms with Crippen LogP contribution in [0.25, 0.3) is 0 Å². The van der Waals surface area contributed by atoms with E-state index in [0.29, 0.717) is 42.3 Å². The number of guanidine groups is 1. The quantitative estimate of drug-likeness (QED) is 0.351. The first-order valence-electron chi connectivity index (χ1n) is 9.55. The van der Waals surface area contributed by atoms with Crippen molar-refractivity contribution < 1.29 is 9.47 Å². The van der Waals surface area contributed by atoms with Crippen LogP contribution in [0.1, 0.15) is 32.3 Å². The van der Waals surface area contributed by atoms with Crippen LogP contribution in [0.2, 0.25) is 5.02 Å². The molecule has 0 bridgehead atoms. The van der Waals surface area contributed by atoms with Gasteiger partial charge in [-0.2, -0.15) is 0 Å². The Labute approximate surface area is 184 Å².